The first kappa shape index (κ1) is 30.0. The second-order valence-electron chi connectivity index (χ2n) is 9.23. The van der Waals surface area contributed by atoms with E-state index in [9.17, 15) is 4.79 Å². The molecule has 1 aromatic heterocycles. The van der Waals surface area contributed by atoms with Crippen LogP contribution < -0.4 is 14.8 Å². The van der Waals surface area contributed by atoms with Crippen LogP contribution in [0.3, 0.4) is 0 Å². The minimum absolute atomic E-state index is 0. The number of piperidine rings is 1. The molecule has 1 aliphatic rings. The van der Waals surface area contributed by atoms with Crippen LogP contribution in [0.5, 0.6) is 11.5 Å². The van der Waals surface area contributed by atoms with Gasteiger partial charge in [0.2, 0.25) is 0 Å². The second-order valence-corrected chi connectivity index (χ2v) is 9.23. The third-order valence-corrected chi connectivity index (χ3v) is 6.89. The molecule has 0 unspecified atom stereocenters. The van der Waals surface area contributed by atoms with Crippen LogP contribution in [-0.4, -0.2) is 59.5 Å². The van der Waals surface area contributed by atoms with Gasteiger partial charge in [-0.15, -0.1) is 35.0 Å². The summed E-state index contributed by atoms with van der Waals surface area (Å²) in [4.78, 5) is 13.5. The maximum atomic E-state index is 11.1. The lowest BCUT2D eigenvalue weighted by molar-refractivity contribution is 0.0697. The lowest BCUT2D eigenvalue weighted by atomic mass is 10.0. The molecule has 8 nitrogen and oxygen atoms in total. The van der Waals surface area contributed by atoms with Crippen LogP contribution in [0.4, 0.5) is 5.82 Å². The first-order valence-corrected chi connectivity index (χ1v) is 12.3. The van der Waals surface area contributed by atoms with E-state index >= 15 is 0 Å². The van der Waals surface area contributed by atoms with Gasteiger partial charge < -0.3 is 19.9 Å². The summed E-state index contributed by atoms with van der Waals surface area (Å²) in [6.45, 7) is 2.69. The molecule has 0 radical (unpaired) electrons. The fourth-order valence-electron chi connectivity index (χ4n) is 4.77. The molecule has 0 spiro atoms. The summed E-state index contributed by atoms with van der Waals surface area (Å²) >= 11 is 0. The van der Waals surface area contributed by atoms with Gasteiger partial charge in [-0.05, 0) is 73.0 Å². The highest BCUT2D eigenvalue weighted by atomic mass is 35.5. The van der Waals surface area contributed by atoms with Crippen molar-refractivity contribution in [2.24, 2.45) is 0 Å². The SMILES string of the molecule is COc1ccc(-c2nnc(NC3CCN(Cc4ccc(C(=O)O)cc4)CC3)c3cc(OC)ccc23)cc1.Cl.Cl. The molecule has 206 valence electrons. The second kappa shape index (κ2) is 13.5. The van der Waals surface area contributed by atoms with E-state index in [0.717, 1.165) is 77.4 Å². The molecule has 2 N–H and O–H groups in total. The number of carboxylic acids is 1. The van der Waals surface area contributed by atoms with E-state index < -0.39 is 5.97 Å². The van der Waals surface area contributed by atoms with Crippen molar-refractivity contribution in [1.82, 2.24) is 15.1 Å². The van der Waals surface area contributed by atoms with E-state index in [0.29, 0.717) is 5.56 Å². The van der Waals surface area contributed by atoms with Crippen molar-refractivity contribution in [3.8, 4) is 22.8 Å². The number of methoxy groups -OCH3 is 2. The highest BCUT2D eigenvalue weighted by Gasteiger charge is 2.21. The number of ether oxygens (including phenoxy) is 2. The van der Waals surface area contributed by atoms with E-state index in [1.807, 2.05) is 54.6 Å². The van der Waals surface area contributed by atoms with Crippen molar-refractivity contribution in [2.75, 3.05) is 32.6 Å². The van der Waals surface area contributed by atoms with Gasteiger partial charge in [0.25, 0.3) is 0 Å². The van der Waals surface area contributed by atoms with Crippen molar-refractivity contribution >= 4 is 47.4 Å². The summed E-state index contributed by atoms with van der Waals surface area (Å²) in [5, 5.41) is 23.9. The van der Waals surface area contributed by atoms with E-state index in [1.165, 1.54) is 0 Å². The number of hydrogen-bond donors (Lipinski definition) is 2. The van der Waals surface area contributed by atoms with Gasteiger partial charge in [-0.2, -0.15) is 0 Å². The van der Waals surface area contributed by atoms with Crippen molar-refractivity contribution in [3.05, 3.63) is 77.9 Å². The van der Waals surface area contributed by atoms with Gasteiger partial charge >= 0.3 is 5.97 Å². The average molecular weight is 572 g/mol. The summed E-state index contributed by atoms with van der Waals surface area (Å²) in [5.74, 6) is 1.43. The predicted octanol–water partition coefficient (Wildman–Crippen LogP) is 5.93. The van der Waals surface area contributed by atoms with Crippen LogP contribution >= 0.6 is 24.8 Å². The molecule has 10 heteroatoms. The van der Waals surface area contributed by atoms with Crippen molar-refractivity contribution in [3.63, 3.8) is 0 Å². The Labute approximate surface area is 240 Å². The molecule has 5 rings (SSSR count). The van der Waals surface area contributed by atoms with Crippen molar-refractivity contribution in [2.45, 2.75) is 25.4 Å². The van der Waals surface area contributed by atoms with Gasteiger partial charge in [0.1, 0.15) is 17.2 Å². The topological polar surface area (TPSA) is 96.8 Å². The third kappa shape index (κ3) is 6.89. The van der Waals surface area contributed by atoms with E-state index in [-0.39, 0.29) is 30.9 Å². The fraction of sp³-hybridized carbons (Fsp3) is 0.276. The molecule has 4 aromatic rings. The van der Waals surface area contributed by atoms with E-state index in [4.69, 9.17) is 14.6 Å². The molecule has 0 aliphatic carbocycles. The zero-order valence-electron chi connectivity index (χ0n) is 21.8. The standard InChI is InChI=1S/C29H30N4O4.2ClH/c1-36-23-9-7-20(8-10-23)27-25-12-11-24(37-2)17-26(25)28(32-31-27)30-22-13-15-33(16-14-22)18-19-3-5-21(6-4-19)29(34)35;;/h3-12,17,22H,13-16,18H2,1-2H3,(H,30,32)(H,34,35);2*1H. The molecule has 1 aliphatic heterocycles. The molecule has 39 heavy (non-hydrogen) atoms. The molecule has 0 atom stereocenters. The lowest BCUT2D eigenvalue weighted by Crippen LogP contribution is -2.38. The number of aromatic carboxylic acids is 1. The Morgan fingerprint density at radius 1 is 0.897 bits per heavy atom. The monoisotopic (exact) mass is 570 g/mol. The number of fused-ring (bicyclic) bond motifs is 1. The summed E-state index contributed by atoms with van der Waals surface area (Å²) in [5.41, 5.74) is 3.22. The van der Waals surface area contributed by atoms with Gasteiger partial charge in [-0.25, -0.2) is 4.79 Å². The van der Waals surface area contributed by atoms with Gasteiger partial charge in [0.05, 0.1) is 19.8 Å². The fourth-order valence-corrected chi connectivity index (χ4v) is 4.77. The molecule has 1 saturated heterocycles. The number of anilines is 1. The number of carbonyl (C=O) groups is 1. The minimum Gasteiger partial charge on any atom is -0.497 e. The van der Waals surface area contributed by atoms with Crippen molar-refractivity contribution < 1.29 is 19.4 Å². The molecule has 0 saturated carbocycles. The van der Waals surface area contributed by atoms with Crippen LogP contribution in [0.25, 0.3) is 22.0 Å². The third-order valence-electron chi connectivity index (χ3n) is 6.89. The van der Waals surface area contributed by atoms with Crippen LogP contribution in [0.1, 0.15) is 28.8 Å². The van der Waals surface area contributed by atoms with E-state index in [2.05, 4.69) is 20.4 Å². The summed E-state index contributed by atoms with van der Waals surface area (Å²) in [7, 11) is 3.32. The quantitative estimate of drug-likeness (QED) is 0.269. The number of nitrogens with one attached hydrogen (secondary N) is 1. The van der Waals surface area contributed by atoms with Crippen molar-refractivity contribution in [1.29, 1.82) is 0 Å². The molecular weight excluding hydrogens is 539 g/mol. The molecule has 2 heterocycles. The number of nitrogens with zero attached hydrogens (tertiary/aromatic N) is 3. The predicted molar refractivity (Wildman–Crippen MR) is 158 cm³/mol. The maximum Gasteiger partial charge on any atom is 0.335 e. The molecule has 1 fully saturated rings. The molecular formula is C29H32Cl2N4O4. The van der Waals surface area contributed by atoms with Crippen LogP contribution in [0.15, 0.2) is 66.7 Å². The number of likely N-dealkylation sites (tertiary alicyclic amines) is 1. The summed E-state index contributed by atoms with van der Waals surface area (Å²) in [6.07, 6.45) is 1.95. The maximum absolute atomic E-state index is 11.1. The van der Waals surface area contributed by atoms with Crippen LogP contribution in [-0.2, 0) is 6.54 Å². The Morgan fingerprint density at radius 2 is 1.54 bits per heavy atom. The largest absolute Gasteiger partial charge is 0.497 e. The van der Waals surface area contributed by atoms with Gasteiger partial charge in [-0.3, -0.25) is 4.90 Å². The first-order chi connectivity index (χ1) is 18.0. The minimum atomic E-state index is -0.899. The zero-order valence-corrected chi connectivity index (χ0v) is 23.4. The zero-order chi connectivity index (χ0) is 25.8. The van der Waals surface area contributed by atoms with Gasteiger partial charge in [0, 0.05) is 42.0 Å². The molecule has 0 amide bonds. The Hall–Kier alpha value is -3.59. The number of halogens is 2. The van der Waals surface area contributed by atoms with Gasteiger partial charge in [-0.1, -0.05) is 12.1 Å². The number of aromatic nitrogens is 2. The van der Waals surface area contributed by atoms with Crippen LogP contribution in [0.2, 0.25) is 0 Å². The Kier molecular flexibility index (Phi) is 10.3. The highest BCUT2D eigenvalue weighted by molar-refractivity contribution is 6.00. The number of hydrogen-bond acceptors (Lipinski definition) is 7. The van der Waals surface area contributed by atoms with E-state index in [1.54, 1.807) is 26.4 Å². The lowest BCUT2D eigenvalue weighted by Gasteiger charge is -2.32. The molecule has 0 bridgehead atoms. The summed E-state index contributed by atoms with van der Waals surface area (Å²) < 4.78 is 10.8. The number of benzene rings is 3. The average Bonchev–Trinajstić information content (AvgIpc) is 2.94. The Morgan fingerprint density at radius 3 is 2.15 bits per heavy atom. The Bertz CT molecular complexity index is 1390. The van der Waals surface area contributed by atoms with Gasteiger partial charge in [0.15, 0.2) is 5.82 Å². The number of rotatable bonds is 8. The molecule has 3 aromatic carbocycles. The normalized spacial score (nSPS) is 13.7. The smallest absolute Gasteiger partial charge is 0.335 e. The number of carboxylic acid groups (broad SMARTS) is 1. The summed E-state index contributed by atoms with van der Waals surface area (Å²) in [6, 6.07) is 21.2. The Balaban J connectivity index is 0.00000210. The van der Waals surface area contributed by atoms with Crippen LogP contribution in [0, 0.1) is 0 Å². The first-order valence-electron chi connectivity index (χ1n) is 12.3. The highest BCUT2D eigenvalue weighted by Crippen LogP contribution is 2.34.